The van der Waals surface area contributed by atoms with Gasteiger partial charge in [-0.2, -0.15) is 11.8 Å². The van der Waals surface area contributed by atoms with E-state index in [-0.39, 0.29) is 16.9 Å². The molecule has 6 nitrogen and oxygen atoms in total. The topological polar surface area (TPSA) is 89.4 Å². The first-order valence-corrected chi connectivity index (χ1v) is 11.0. The molecule has 0 radical (unpaired) electrons. The molecule has 2 heterocycles. The summed E-state index contributed by atoms with van der Waals surface area (Å²) in [5.41, 5.74) is -0.0149. The van der Waals surface area contributed by atoms with Crippen LogP contribution in [0.25, 0.3) is 10.2 Å². The summed E-state index contributed by atoms with van der Waals surface area (Å²) < 4.78 is 6.14. The van der Waals surface area contributed by atoms with E-state index in [9.17, 15) is 14.7 Å². The van der Waals surface area contributed by atoms with E-state index in [1.54, 1.807) is 32.5 Å². The van der Waals surface area contributed by atoms with Crippen LogP contribution in [-0.2, 0) is 16.0 Å². The number of pyridine rings is 1. The zero-order valence-corrected chi connectivity index (χ0v) is 19.3. The molecule has 0 spiro atoms. The maximum atomic E-state index is 12.5. The van der Waals surface area contributed by atoms with Crippen LogP contribution in [0, 0.1) is 5.41 Å². The van der Waals surface area contributed by atoms with Gasteiger partial charge in [0.2, 0.25) is 0 Å². The lowest BCUT2D eigenvalue weighted by Gasteiger charge is -2.18. The molecule has 0 unspecified atom stereocenters. The summed E-state index contributed by atoms with van der Waals surface area (Å²) in [6, 6.07) is 0. The Morgan fingerprint density at radius 2 is 1.75 bits per heavy atom. The molecule has 154 valence electrons. The van der Waals surface area contributed by atoms with Gasteiger partial charge in [-0.05, 0) is 26.0 Å². The predicted molar refractivity (Wildman–Crippen MR) is 115 cm³/mol. The first kappa shape index (κ1) is 22.6. The molecule has 0 aliphatic rings. The summed E-state index contributed by atoms with van der Waals surface area (Å²) in [5.74, 6) is -1.20. The summed E-state index contributed by atoms with van der Waals surface area (Å²) in [6.45, 7) is 15.4. The molecule has 1 N–H and O–H groups in total. The smallest absolute Gasteiger partial charge is 0.358 e. The zero-order chi connectivity index (χ0) is 21.4. The minimum Gasteiger partial charge on any atom is -0.476 e. The van der Waals surface area contributed by atoms with Gasteiger partial charge in [-0.15, -0.1) is 11.3 Å². The molecule has 0 atom stereocenters. The lowest BCUT2D eigenvalue weighted by Crippen LogP contribution is -2.26. The number of carbonyl (C=O) groups is 2. The highest BCUT2D eigenvalue weighted by atomic mass is 32.2. The van der Waals surface area contributed by atoms with Gasteiger partial charge in [-0.25, -0.2) is 14.8 Å². The number of esters is 1. The highest BCUT2D eigenvalue weighted by molar-refractivity contribution is 7.99. The standard InChI is InChI=1S/C20H28N2O4S2/c1-10(2)27-9-11-12-15(28-17(22-12)19(3,4)5)14(13(21-11)16(23)24)26-18(25)20(6,7)8/h10H,9H2,1-8H3,(H,23,24). The Labute approximate surface area is 174 Å². The third-order valence-corrected chi connectivity index (χ3v) is 6.36. The molecule has 0 fully saturated rings. The molecule has 0 saturated heterocycles. The van der Waals surface area contributed by atoms with Crippen molar-refractivity contribution in [3.05, 3.63) is 16.4 Å². The van der Waals surface area contributed by atoms with Gasteiger partial charge in [0, 0.05) is 11.2 Å². The Hall–Kier alpha value is -1.67. The van der Waals surface area contributed by atoms with E-state index in [1.807, 2.05) is 20.8 Å². The van der Waals surface area contributed by atoms with Crippen molar-refractivity contribution in [2.24, 2.45) is 5.41 Å². The lowest BCUT2D eigenvalue weighted by molar-refractivity contribution is -0.142. The van der Waals surface area contributed by atoms with Gasteiger partial charge in [0.15, 0.2) is 11.4 Å². The van der Waals surface area contributed by atoms with Crippen molar-refractivity contribution in [3.63, 3.8) is 0 Å². The van der Waals surface area contributed by atoms with E-state index >= 15 is 0 Å². The largest absolute Gasteiger partial charge is 0.476 e. The number of thiazole rings is 1. The van der Waals surface area contributed by atoms with Gasteiger partial charge in [0.1, 0.15) is 10.2 Å². The molecular weight excluding hydrogens is 396 g/mol. The number of aromatic nitrogens is 2. The Morgan fingerprint density at radius 3 is 2.21 bits per heavy atom. The van der Waals surface area contributed by atoms with E-state index in [4.69, 9.17) is 9.72 Å². The molecule has 0 bridgehead atoms. The fraction of sp³-hybridized carbons (Fsp3) is 0.600. The number of ether oxygens (including phenoxy) is 1. The highest BCUT2D eigenvalue weighted by Crippen LogP contribution is 2.40. The van der Waals surface area contributed by atoms with E-state index in [0.717, 1.165) is 5.01 Å². The van der Waals surface area contributed by atoms with Gasteiger partial charge >= 0.3 is 11.9 Å². The summed E-state index contributed by atoms with van der Waals surface area (Å²) in [4.78, 5) is 33.5. The molecule has 0 aliphatic carbocycles. The molecule has 8 heteroatoms. The number of hydrogen-bond donors (Lipinski definition) is 1. The van der Waals surface area contributed by atoms with Crippen LogP contribution in [0.2, 0.25) is 0 Å². The van der Waals surface area contributed by atoms with E-state index in [0.29, 0.717) is 26.9 Å². The van der Waals surface area contributed by atoms with Crippen molar-refractivity contribution >= 4 is 45.3 Å². The molecule has 0 aliphatic heterocycles. The van der Waals surface area contributed by atoms with Crippen molar-refractivity contribution in [1.82, 2.24) is 9.97 Å². The van der Waals surface area contributed by atoms with Crippen LogP contribution >= 0.6 is 23.1 Å². The third kappa shape index (κ3) is 5.03. The molecular formula is C20H28N2O4S2. The summed E-state index contributed by atoms with van der Waals surface area (Å²) in [7, 11) is 0. The van der Waals surface area contributed by atoms with Crippen molar-refractivity contribution in [1.29, 1.82) is 0 Å². The highest BCUT2D eigenvalue weighted by Gasteiger charge is 2.31. The van der Waals surface area contributed by atoms with Crippen LogP contribution in [0.5, 0.6) is 5.75 Å². The number of thioether (sulfide) groups is 1. The number of aromatic carboxylic acids is 1. The molecule has 0 aromatic carbocycles. The van der Waals surface area contributed by atoms with Crippen molar-refractivity contribution in [3.8, 4) is 5.75 Å². The quantitative estimate of drug-likeness (QED) is 0.653. The lowest BCUT2D eigenvalue weighted by atomic mass is 9.97. The Kier molecular flexibility index (Phi) is 6.45. The summed E-state index contributed by atoms with van der Waals surface area (Å²) >= 11 is 3.02. The van der Waals surface area contributed by atoms with Crippen molar-refractivity contribution < 1.29 is 19.4 Å². The van der Waals surface area contributed by atoms with Crippen molar-refractivity contribution in [2.75, 3.05) is 0 Å². The second-order valence-electron chi connectivity index (χ2n) is 8.99. The second kappa shape index (κ2) is 7.99. The van der Waals surface area contributed by atoms with Crippen LogP contribution in [0.3, 0.4) is 0 Å². The molecule has 0 saturated carbocycles. The van der Waals surface area contributed by atoms with E-state index < -0.39 is 17.4 Å². The predicted octanol–water partition coefficient (Wildman–Crippen LogP) is 5.28. The van der Waals surface area contributed by atoms with E-state index in [1.165, 1.54) is 11.3 Å². The first-order valence-electron chi connectivity index (χ1n) is 9.13. The van der Waals surface area contributed by atoms with E-state index in [2.05, 4.69) is 18.8 Å². The van der Waals surface area contributed by atoms with Gasteiger partial charge in [-0.1, -0.05) is 34.6 Å². The normalized spacial score (nSPS) is 12.6. The van der Waals surface area contributed by atoms with Gasteiger partial charge in [0.05, 0.1) is 16.1 Å². The number of hydrogen-bond acceptors (Lipinski definition) is 7. The maximum Gasteiger partial charge on any atom is 0.358 e. The minimum absolute atomic E-state index is 0.00581. The van der Waals surface area contributed by atoms with Gasteiger partial charge in [-0.3, -0.25) is 4.79 Å². The Morgan fingerprint density at radius 1 is 1.14 bits per heavy atom. The molecule has 28 heavy (non-hydrogen) atoms. The van der Waals surface area contributed by atoms with Crippen LogP contribution in [0.15, 0.2) is 0 Å². The fourth-order valence-corrected chi connectivity index (χ4v) is 3.99. The summed E-state index contributed by atoms with van der Waals surface area (Å²) in [5, 5.41) is 10.9. The second-order valence-corrected chi connectivity index (χ2v) is 11.6. The number of carboxylic acid groups (broad SMARTS) is 1. The van der Waals surface area contributed by atoms with Crippen molar-refractivity contribution in [2.45, 2.75) is 71.8 Å². The van der Waals surface area contributed by atoms with Gasteiger partial charge < -0.3 is 9.84 Å². The van der Waals surface area contributed by atoms with Crippen LogP contribution in [0.4, 0.5) is 0 Å². The molecule has 2 aromatic heterocycles. The maximum absolute atomic E-state index is 12.5. The number of carbonyl (C=O) groups excluding carboxylic acids is 1. The molecule has 0 amide bonds. The fourth-order valence-electron chi connectivity index (χ4n) is 2.17. The van der Waals surface area contributed by atoms with Crippen LogP contribution in [-0.4, -0.2) is 32.3 Å². The van der Waals surface area contributed by atoms with Crippen LogP contribution in [0.1, 0.15) is 76.6 Å². The molecule has 2 aromatic rings. The molecule has 2 rings (SSSR count). The number of rotatable bonds is 5. The van der Waals surface area contributed by atoms with Gasteiger partial charge in [0.25, 0.3) is 0 Å². The average Bonchev–Trinajstić information content (AvgIpc) is 2.98. The SMILES string of the molecule is CC(C)SCc1nc(C(=O)O)c(OC(=O)C(C)(C)C)c2sc(C(C)(C)C)nc12. The first-order chi connectivity index (χ1) is 12.7. The summed E-state index contributed by atoms with van der Waals surface area (Å²) in [6.07, 6.45) is 0. The average molecular weight is 425 g/mol. The third-order valence-electron chi connectivity index (χ3n) is 3.77. The van der Waals surface area contributed by atoms with Crippen LogP contribution < -0.4 is 4.74 Å². The monoisotopic (exact) mass is 424 g/mol. The number of carboxylic acids is 1. The minimum atomic E-state index is -1.22. The Bertz CT molecular complexity index is 906. The Balaban J connectivity index is 2.76. The number of fused-ring (bicyclic) bond motifs is 1. The zero-order valence-electron chi connectivity index (χ0n) is 17.7. The number of nitrogens with zero attached hydrogens (tertiary/aromatic N) is 2.